The van der Waals surface area contributed by atoms with E-state index in [0.29, 0.717) is 24.1 Å². The van der Waals surface area contributed by atoms with Gasteiger partial charge in [-0.2, -0.15) is 0 Å². The highest BCUT2D eigenvalue weighted by molar-refractivity contribution is 8.00. The fraction of sp³-hybridized carbons (Fsp3) is 0.870. The molecule has 332 valence electrons. The third kappa shape index (κ3) is 7.98. The van der Waals surface area contributed by atoms with Gasteiger partial charge in [0.15, 0.2) is 0 Å². The molecule has 5 aliphatic carbocycles. The number of ether oxygens (including phenoxy) is 2. The average Bonchev–Trinajstić information content (AvgIpc) is 3.91. The maximum Gasteiger partial charge on any atom is 0.324 e. The van der Waals surface area contributed by atoms with Gasteiger partial charge in [0.1, 0.15) is 17.6 Å². The quantitative estimate of drug-likeness (QED) is 0.145. The molecule has 0 aromatic carbocycles. The van der Waals surface area contributed by atoms with Crippen molar-refractivity contribution in [2.24, 2.45) is 46.7 Å². The van der Waals surface area contributed by atoms with Crippen LogP contribution in [-0.2, 0) is 23.9 Å². The molecule has 9 rings (SSSR count). The number of amides is 4. The Kier molecular flexibility index (Phi) is 13.3. The molecule has 4 amide bonds. The van der Waals surface area contributed by atoms with Crippen molar-refractivity contribution in [2.75, 3.05) is 19.8 Å². The molecular weight excluding hydrogens is 781 g/mol. The zero-order valence-corrected chi connectivity index (χ0v) is 36.3. The number of nitrogens with zero attached hydrogens (tertiary/aromatic N) is 1. The van der Waals surface area contributed by atoms with Crippen LogP contribution in [0.25, 0.3) is 0 Å². The Bertz CT molecular complexity index is 1630. The van der Waals surface area contributed by atoms with Gasteiger partial charge < -0.3 is 36.3 Å². The molecule has 4 heterocycles. The summed E-state index contributed by atoms with van der Waals surface area (Å²) >= 11 is 1.79. The standard InChI is InChI=1S/C46H70N6O7S/c47-44(57)48-23-11-12-27-21-22-32-31(26-27)46(43(56)49-32)36(41(54)51-45-50-33-18-8-10-20-35(33)60-45)38-42(55)59-39(29-15-5-2-6-16-29)37(28-13-3-1-4-14-28)52(38)40(46)30-17-7-9-19-34(30)58-25-24-53/h27-40,45,50,53H,1-10,13-26H2,(H,49,56)(H,51,54)(H3,47,48,57)/t27?,30?,31?,32?,33?,34?,35?,36-,37-,38-,39+,40+,45?,46-/m1/s1. The van der Waals surface area contributed by atoms with Gasteiger partial charge in [-0.15, -0.1) is 11.8 Å². The molecule has 4 saturated heterocycles. The topological polar surface area (TPSA) is 184 Å². The van der Waals surface area contributed by atoms with E-state index in [-0.39, 0.29) is 96.9 Å². The lowest BCUT2D eigenvalue weighted by Crippen LogP contribution is -2.67. The van der Waals surface area contributed by atoms with E-state index in [1.807, 2.05) is 0 Å². The first-order chi connectivity index (χ1) is 29.3. The van der Waals surface area contributed by atoms with Gasteiger partial charge in [0, 0.05) is 35.2 Å². The number of carbonyl (C=O) groups is 4. The van der Waals surface area contributed by atoms with Gasteiger partial charge in [0.25, 0.3) is 0 Å². The summed E-state index contributed by atoms with van der Waals surface area (Å²) in [5.74, 6) is 4.95. The third-order valence-electron chi connectivity index (χ3n) is 16.7. The number of primary amides is 1. The molecule has 8 unspecified atom stereocenters. The summed E-state index contributed by atoms with van der Waals surface area (Å²) < 4.78 is 13.5. The molecule has 0 aromatic heterocycles. The fourth-order valence-corrected chi connectivity index (χ4v) is 15.9. The molecule has 1 spiro atoms. The van der Waals surface area contributed by atoms with Gasteiger partial charge >= 0.3 is 12.0 Å². The molecule has 14 heteroatoms. The minimum absolute atomic E-state index is 0.0634. The predicted octanol–water partition coefficient (Wildman–Crippen LogP) is 4.30. The second kappa shape index (κ2) is 18.6. The van der Waals surface area contributed by atoms with Gasteiger partial charge in [0.05, 0.1) is 43.2 Å². The normalized spacial score (nSPS) is 42.2. The largest absolute Gasteiger partial charge is 0.459 e. The Morgan fingerprint density at radius 1 is 0.900 bits per heavy atom. The van der Waals surface area contributed by atoms with Crippen molar-refractivity contribution in [1.29, 1.82) is 0 Å². The van der Waals surface area contributed by atoms with Crippen molar-refractivity contribution in [1.82, 2.24) is 26.2 Å². The molecule has 0 radical (unpaired) electrons. The Morgan fingerprint density at radius 2 is 1.62 bits per heavy atom. The average molecular weight is 851 g/mol. The number of cyclic esters (lactones) is 1. The highest BCUT2D eigenvalue weighted by atomic mass is 32.2. The number of aliphatic hydroxyl groups is 1. The second-order valence-electron chi connectivity index (χ2n) is 19.9. The van der Waals surface area contributed by atoms with Crippen molar-refractivity contribution in [3.63, 3.8) is 0 Å². The van der Waals surface area contributed by atoms with E-state index < -0.39 is 29.4 Å². The van der Waals surface area contributed by atoms with Gasteiger partial charge in [-0.05, 0) is 88.4 Å². The Balaban J connectivity index is 1.20. The minimum atomic E-state index is -1.25. The number of hydrogen-bond acceptors (Lipinski definition) is 10. The molecule has 13 nitrogen and oxygen atoms in total. The molecule has 7 N–H and O–H groups in total. The van der Waals surface area contributed by atoms with E-state index in [2.05, 4.69) is 38.0 Å². The first-order valence-corrected chi connectivity index (χ1v) is 25.0. The van der Waals surface area contributed by atoms with Crippen LogP contribution in [0.15, 0.2) is 0 Å². The lowest BCUT2D eigenvalue weighted by molar-refractivity contribution is -0.192. The highest BCUT2D eigenvalue weighted by Gasteiger charge is 2.78. The number of thioether (sulfide) groups is 1. The van der Waals surface area contributed by atoms with Crippen LogP contribution in [-0.4, -0.2) is 107 Å². The number of nitrogens with one attached hydrogen (secondary N) is 4. The van der Waals surface area contributed by atoms with Crippen molar-refractivity contribution in [3.8, 4) is 11.8 Å². The molecule has 0 bridgehead atoms. The molecule has 5 saturated carbocycles. The van der Waals surface area contributed by atoms with Crippen LogP contribution in [0.1, 0.15) is 135 Å². The lowest BCUT2D eigenvalue weighted by atomic mass is 9.55. The number of aliphatic hydroxyl groups excluding tert-OH is 1. The molecule has 60 heavy (non-hydrogen) atoms. The molecule has 0 aromatic rings. The van der Waals surface area contributed by atoms with Crippen molar-refractivity contribution < 1.29 is 33.8 Å². The van der Waals surface area contributed by atoms with Crippen molar-refractivity contribution in [2.45, 2.75) is 188 Å². The molecule has 9 fully saturated rings. The van der Waals surface area contributed by atoms with Crippen LogP contribution >= 0.6 is 11.8 Å². The summed E-state index contributed by atoms with van der Waals surface area (Å²) in [6.07, 6.45) is 20.7. The molecule has 4 aliphatic heterocycles. The number of morpholine rings is 1. The number of rotatable bonds is 9. The number of hydrogen-bond donors (Lipinski definition) is 6. The fourth-order valence-electron chi connectivity index (χ4n) is 14.4. The summed E-state index contributed by atoms with van der Waals surface area (Å²) in [7, 11) is 0. The number of carbonyl (C=O) groups excluding carboxylic acids is 4. The Labute approximate surface area is 360 Å². The number of fused-ring (bicyclic) bond motifs is 4. The molecular formula is C46H70N6O7S. The monoisotopic (exact) mass is 851 g/mol. The smallest absolute Gasteiger partial charge is 0.324 e. The first-order valence-electron chi connectivity index (χ1n) is 24.0. The maximum atomic E-state index is 15.8. The van der Waals surface area contributed by atoms with E-state index in [9.17, 15) is 9.90 Å². The summed E-state index contributed by atoms with van der Waals surface area (Å²) in [4.78, 5) is 60.9. The Hall–Kier alpha value is -2.57. The van der Waals surface area contributed by atoms with Crippen molar-refractivity contribution >= 4 is 35.6 Å². The zero-order chi connectivity index (χ0) is 41.4. The van der Waals surface area contributed by atoms with E-state index in [0.717, 1.165) is 96.3 Å². The van der Waals surface area contributed by atoms with Crippen molar-refractivity contribution in [3.05, 3.63) is 0 Å². The van der Waals surface area contributed by atoms with Gasteiger partial charge in [0.2, 0.25) is 11.8 Å². The highest BCUT2D eigenvalue weighted by Crippen LogP contribution is 2.64. The third-order valence-corrected chi connectivity index (χ3v) is 18.2. The summed E-state index contributed by atoms with van der Waals surface area (Å²) in [5.41, 5.74) is 3.80. The van der Waals surface area contributed by atoms with Crippen LogP contribution in [0, 0.1) is 52.8 Å². The summed E-state index contributed by atoms with van der Waals surface area (Å²) in [6.45, 7) is 0.250. The predicted molar refractivity (Wildman–Crippen MR) is 228 cm³/mol. The van der Waals surface area contributed by atoms with E-state index in [4.69, 9.17) is 15.2 Å². The first kappa shape index (κ1) is 42.7. The Morgan fingerprint density at radius 3 is 2.37 bits per heavy atom. The van der Waals surface area contributed by atoms with Gasteiger partial charge in [-0.3, -0.25) is 24.6 Å². The SMILES string of the molecule is NC(=O)NCC#CC1CCC2NC(=O)[C@@]3(C2C1)[C@H](C1CCCCC1OCCO)N1[C@H](C2CCCCC2)[C@H](C2CCCCC2)OC(=O)[C@H]1[C@@H]3C(=O)NC1NC2CCCCC2S1. The van der Waals surface area contributed by atoms with Crippen LogP contribution in [0.5, 0.6) is 0 Å². The summed E-state index contributed by atoms with van der Waals surface area (Å²) in [5, 5.41) is 23.8. The van der Waals surface area contributed by atoms with Gasteiger partial charge in [-0.25, -0.2) is 4.79 Å². The number of esters is 1. The lowest BCUT2D eigenvalue weighted by Gasteiger charge is -2.54. The maximum absolute atomic E-state index is 15.8. The van der Waals surface area contributed by atoms with Gasteiger partial charge in [-0.1, -0.05) is 76.0 Å². The number of urea groups is 1. The summed E-state index contributed by atoms with van der Waals surface area (Å²) in [6, 6.07) is -1.93. The van der Waals surface area contributed by atoms with E-state index >= 15 is 14.4 Å². The number of nitrogens with two attached hydrogens (primary N) is 1. The second-order valence-corrected chi connectivity index (χ2v) is 21.2. The van der Waals surface area contributed by atoms with E-state index in [1.165, 1.54) is 25.7 Å². The molecule has 14 atom stereocenters. The van der Waals surface area contributed by atoms with E-state index in [1.54, 1.807) is 11.8 Å². The zero-order valence-electron chi connectivity index (χ0n) is 35.5. The van der Waals surface area contributed by atoms with Crippen LogP contribution in [0.3, 0.4) is 0 Å². The van der Waals surface area contributed by atoms with Crippen LogP contribution in [0.2, 0.25) is 0 Å². The van der Waals surface area contributed by atoms with Crippen LogP contribution < -0.4 is 27.0 Å². The van der Waals surface area contributed by atoms with Crippen LogP contribution in [0.4, 0.5) is 4.79 Å². The molecule has 9 aliphatic rings. The minimum Gasteiger partial charge on any atom is -0.459 e.